The van der Waals surface area contributed by atoms with Crippen molar-refractivity contribution in [2.24, 2.45) is 0 Å². The van der Waals surface area contributed by atoms with Gasteiger partial charge in [-0.15, -0.1) is 0 Å². The Morgan fingerprint density at radius 1 is 1.56 bits per heavy atom. The fourth-order valence-corrected chi connectivity index (χ4v) is 1.96. The standard InChI is InChI=1S/C13H14FN3O/c14-13-9(6-15)2-1-3-10(13)7-16-11-4-5-12(18)17-8-11/h1-3,11,16H,4-5,7-8H2,(H,17,18). The molecule has 1 heterocycles. The molecule has 0 radical (unpaired) electrons. The zero-order valence-corrected chi connectivity index (χ0v) is 9.87. The number of benzene rings is 1. The van der Waals surface area contributed by atoms with Gasteiger partial charge in [-0.3, -0.25) is 4.79 Å². The number of carbonyl (C=O) groups is 1. The van der Waals surface area contributed by atoms with Gasteiger partial charge in [-0.25, -0.2) is 4.39 Å². The normalized spacial score (nSPS) is 19.1. The molecule has 18 heavy (non-hydrogen) atoms. The Balaban J connectivity index is 1.94. The Morgan fingerprint density at radius 3 is 3.06 bits per heavy atom. The molecular weight excluding hydrogens is 233 g/mol. The number of nitrogens with zero attached hydrogens (tertiary/aromatic N) is 1. The molecule has 2 rings (SSSR count). The minimum atomic E-state index is -0.465. The van der Waals surface area contributed by atoms with E-state index < -0.39 is 5.82 Å². The summed E-state index contributed by atoms with van der Waals surface area (Å²) in [7, 11) is 0. The number of halogens is 1. The first-order valence-electron chi connectivity index (χ1n) is 5.88. The van der Waals surface area contributed by atoms with Gasteiger partial charge in [0.2, 0.25) is 5.91 Å². The van der Waals surface area contributed by atoms with Gasteiger partial charge in [0.05, 0.1) is 5.56 Å². The summed E-state index contributed by atoms with van der Waals surface area (Å²) < 4.78 is 13.8. The molecule has 1 aromatic rings. The van der Waals surface area contributed by atoms with Gasteiger partial charge in [0.25, 0.3) is 0 Å². The highest BCUT2D eigenvalue weighted by Gasteiger charge is 2.17. The zero-order valence-electron chi connectivity index (χ0n) is 9.87. The van der Waals surface area contributed by atoms with Crippen LogP contribution in [0.5, 0.6) is 0 Å². The van der Waals surface area contributed by atoms with Crippen LogP contribution in [-0.4, -0.2) is 18.5 Å². The lowest BCUT2D eigenvalue weighted by Gasteiger charge is -2.23. The summed E-state index contributed by atoms with van der Waals surface area (Å²) in [6.07, 6.45) is 1.25. The van der Waals surface area contributed by atoms with Gasteiger partial charge in [0, 0.05) is 31.1 Å². The van der Waals surface area contributed by atoms with Crippen LogP contribution < -0.4 is 10.6 Å². The van der Waals surface area contributed by atoms with Gasteiger partial charge in [0.1, 0.15) is 11.9 Å². The summed E-state index contributed by atoms with van der Waals surface area (Å²) in [6.45, 7) is 0.931. The van der Waals surface area contributed by atoms with Crippen molar-refractivity contribution in [3.63, 3.8) is 0 Å². The number of hydrogen-bond acceptors (Lipinski definition) is 3. The van der Waals surface area contributed by atoms with Gasteiger partial charge in [-0.05, 0) is 12.5 Å². The first kappa shape index (κ1) is 12.5. The second-order valence-electron chi connectivity index (χ2n) is 4.31. The van der Waals surface area contributed by atoms with Gasteiger partial charge >= 0.3 is 0 Å². The molecule has 0 aliphatic carbocycles. The van der Waals surface area contributed by atoms with Crippen molar-refractivity contribution in [2.75, 3.05) is 6.54 Å². The van der Waals surface area contributed by atoms with Gasteiger partial charge in [-0.2, -0.15) is 5.26 Å². The highest BCUT2D eigenvalue weighted by Crippen LogP contribution is 2.12. The fraction of sp³-hybridized carbons (Fsp3) is 0.385. The van der Waals surface area contributed by atoms with E-state index in [1.165, 1.54) is 6.07 Å². The number of nitrogens with one attached hydrogen (secondary N) is 2. The first-order valence-corrected chi connectivity index (χ1v) is 5.88. The molecule has 1 saturated heterocycles. The smallest absolute Gasteiger partial charge is 0.220 e. The summed E-state index contributed by atoms with van der Waals surface area (Å²) in [6, 6.07) is 6.76. The largest absolute Gasteiger partial charge is 0.355 e. The molecule has 1 aliphatic heterocycles. The molecule has 1 fully saturated rings. The van der Waals surface area contributed by atoms with Gasteiger partial charge in [-0.1, -0.05) is 12.1 Å². The molecule has 94 valence electrons. The molecule has 5 heteroatoms. The van der Waals surface area contributed by atoms with E-state index in [-0.39, 0.29) is 17.5 Å². The molecule has 1 aliphatic rings. The second-order valence-corrected chi connectivity index (χ2v) is 4.31. The third-order valence-corrected chi connectivity index (χ3v) is 3.05. The predicted octanol–water partition coefficient (Wildman–Crippen LogP) is 1.07. The topological polar surface area (TPSA) is 64.9 Å². The van der Waals surface area contributed by atoms with E-state index in [4.69, 9.17) is 5.26 Å². The Labute approximate surface area is 105 Å². The lowest BCUT2D eigenvalue weighted by molar-refractivity contribution is -0.122. The van der Waals surface area contributed by atoms with E-state index in [1.807, 2.05) is 6.07 Å². The van der Waals surface area contributed by atoms with E-state index in [0.717, 1.165) is 6.42 Å². The van der Waals surface area contributed by atoms with Gasteiger partial charge < -0.3 is 10.6 Å². The molecule has 1 unspecified atom stereocenters. The first-order chi connectivity index (χ1) is 8.70. The Bertz CT molecular complexity index is 485. The van der Waals surface area contributed by atoms with Crippen molar-refractivity contribution in [1.82, 2.24) is 10.6 Å². The third-order valence-electron chi connectivity index (χ3n) is 3.05. The van der Waals surface area contributed by atoms with Crippen LogP contribution in [0, 0.1) is 17.1 Å². The maximum atomic E-state index is 13.8. The number of carbonyl (C=O) groups excluding carboxylic acids is 1. The predicted molar refractivity (Wildman–Crippen MR) is 64.0 cm³/mol. The molecular formula is C13H14FN3O. The Morgan fingerprint density at radius 2 is 2.39 bits per heavy atom. The van der Waals surface area contributed by atoms with Crippen molar-refractivity contribution in [2.45, 2.75) is 25.4 Å². The maximum absolute atomic E-state index is 13.8. The van der Waals surface area contributed by atoms with Crippen molar-refractivity contribution in [3.05, 3.63) is 35.1 Å². The van der Waals surface area contributed by atoms with Crippen LogP contribution in [-0.2, 0) is 11.3 Å². The summed E-state index contributed by atoms with van der Waals surface area (Å²) in [5.74, 6) is -0.405. The molecule has 0 aromatic heterocycles. The monoisotopic (exact) mass is 247 g/mol. The van der Waals surface area contributed by atoms with Crippen LogP contribution >= 0.6 is 0 Å². The molecule has 1 aromatic carbocycles. The summed E-state index contributed by atoms with van der Waals surface area (Å²) >= 11 is 0. The van der Waals surface area contributed by atoms with E-state index in [1.54, 1.807) is 12.1 Å². The minimum absolute atomic E-state index is 0.0608. The number of rotatable bonds is 3. The Kier molecular flexibility index (Phi) is 3.90. The maximum Gasteiger partial charge on any atom is 0.220 e. The highest BCUT2D eigenvalue weighted by atomic mass is 19.1. The van der Waals surface area contributed by atoms with Crippen LogP contribution in [0.25, 0.3) is 0 Å². The molecule has 0 saturated carbocycles. The van der Waals surface area contributed by atoms with Crippen LogP contribution in [0.2, 0.25) is 0 Å². The summed E-state index contributed by atoms with van der Waals surface area (Å²) in [5.41, 5.74) is 0.539. The lowest BCUT2D eigenvalue weighted by Crippen LogP contribution is -2.45. The average Bonchev–Trinajstić information content (AvgIpc) is 2.39. The number of amides is 1. The highest BCUT2D eigenvalue weighted by molar-refractivity contribution is 5.76. The van der Waals surface area contributed by atoms with Crippen molar-refractivity contribution >= 4 is 5.91 Å². The molecule has 1 atom stereocenters. The van der Waals surface area contributed by atoms with Crippen LogP contribution in [0.3, 0.4) is 0 Å². The van der Waals surface area contributed by atoms with Crippen molar-refractivity contribution in [3.8, 4) is 6.07 Å². The van der Waals surface area contributed by atoms with Crippen LogP contribution in [0.1, 0.15) is 24.0 Å². The number of nitriles is 1. The van der Waals surface area contributed by atoms with E-state index in [0.29, 0.717) is 25.1 Å². The van der Waals surface area contributed by atoms with E-state index in [9.17, 15) is 9.18 Å². The molecule has 2 N–H and O–H groups in total. The third kappa shape index (κ3) is 2.84. The van der Waals surface area contributed by atoms with Gasteiger partial charge in [0.15, 0.2) is 0 Å². The lowest BCUT2D eigenvalue weighted by atomic mass is 10.1. The van der Waals surface area contributed by atoms with Crippen molar-refractivity contribution in [1.29, 1.82) is 5.26 Å². The summed E-state index contributed by atoms with van der Waals surface area (Å²) in [5, 5.41) is 14.7. The fourth-order valence-electron chi connectivity index (χ4n) is 1.96. The Hall–Kier alpha value is -1.93. The quantitative estimate of drug-likeness (QED) is 0.839. The van der Waals surface area contributed by atoms with Crippen LogP contribution in [0.15, 0.2) is 18.2 Å². The van der Waals surface area contributed by atoms with E-state index >= 15 is 0 Å². The SMILES string of the molecule is N#Cc1cccc(CNC2CCC(=O)NC2)c1F. The second kappa shape index (κ2) is 5.61. The van der Waals surface area contributed by atoms with Crippen LogP contribution in [0.4, 0.5) is 4.39 Å². The summed E-state index contributed by atoms with van der Waals surface area (Å²) in [4.78, 5) is 11.0. The van der Waals surface area contributed by atoms with E-state index in [2.05, 4.69) is 10.6 Å². The molecule has 0 bridgehead atoms. The molecule has 1 amide bonds. The average molecular weight is 247 g/mol. The zero-order chi connectivity index (χ0) is 13.0. The molecule has 0 spiro atoms. The van der Waals surface area contributed by atoms with Crippen molar-refractivity contribution < 1.29 is 9.18 Å². The number of hydrogen-bond donors (Lipinski definition) is 2. The minimum Gasteiger partial charge on any atom is -0.355 e. The molecule has 4 nitrogen and oxygen atoms in total. The number of piperidine rings is 1.